The van der Waals surface area contributed by atoms with Crippen molar-refractivity contribution < 1.29 is 9.90 Å². The van der Waals surface area contributed by atoms with Crippen LogP contribution in [0.1, 0.15) is 26.2 Å². The van der Waals surface area contributed by atoms with Crippen molar-refractivity contribution in [2.75, 3.05) is 5.88 Å². The van der Waals surface area contributed by atoms with Crippen LogP contribution in [-0.4, -0.2) is 22.9 Å². The second-order valence-electron chi connectivity index (χ2n) is 2.37. The van der Waals surface area contributed by atoms with Gasteiger partial charge in [0.2, 0.25) is 0 Å². The maximum Gasteiger partial charge on any atom is 0.134 e. The third-order valence-corrected chi connectivity index (χ3v) is 1.40. The van der Waals surface area contributed by atoms with Gasteiger partial charge in [-0.2, -0.15) is 0 Å². The lowest BCUT2D eigenvalue weighted by Gasteiger charge is -2.00. The lowest BCUT2D eigenvalue weighted by atomic mass is 10.1. The summed E-state index contributed by atoms with van der Waals surface area (Å²) in [5, 5.41) is 8.78. The highest BCUT2D eigenvalue weighted by molar-refractivity contribution is 6.19. The van der Waals surface area contributed by atoms with E-state index in [2.05, 4.69) is 0 Å². The topological polar surface area (TPSA) is 37.3 Å². The Kier molecular flexibility index (Phi) is 5.64. The molecule has 60 valence electrons. The third kappa shape index (κ3) is 6.05. The van der Waals surface area contributed by atoms with Gasteiger partial charge in [-0.1, -0.05) is 0 Å². The van der Waals surface area contributed by atoms with Crippen molar-refractivity contribution in [3.63, 3.8) is 0 Å². The van der Waals surface area contributed by atoms with Crippen LogP contribution in [0.4, 0.5) is 0 Å². The first kappa shape index (κ1) is 9.92. The van der Waals surface area contributed by atoms with Gasteiger partial charge in [0.15, 0.2) is 0 Å². The molecular formula is C7H13ClO2. The summed E-state index contributed by atoms with van der Waals surface area (Å²) >= 11 is 5.33. The molecule has 0 saturated carbocycles. The first-order valence-corrected chi connectivity index (χ1v) is 3.96. The molecule has 1 unspecified atom stereocenters. The van der Waals surface area contributed by atoms with E-state index in [1.807, 2.05) is 0 Å². The van der Waals surface area contributed by atoms with Crippen molar-refractivity contribution in [2.24, 2.45) is 0 Å². The Labute approximate surface area is 66.2 Å². The number of alkyl halides is 1. The number of halogens is 1. The summed E-state index contributed by atoms with van der Waals surface area (Å²) in [6.07, 6.45) is 1.05. The van der Waals surface area contributed by atoms with E-state index >= 15 is 0 Å². The van der Waals surface area contributed by atoms with Crippen molar-refractivity contribution in [1.29, 1.82) is 0 Å². The summed E-state index contributed by atoms with van der Waals surface area (Å²) in [5.74, 6) is 0.523. The molecule has 0 saturated heterocycles. The van der Waals surface area contributed by atoms with Crippen molar-refractivity contribution in [1.82, 2.24) is 0 Å². The van der Waals surface area contributed by atoms with Gasteiger partial charge in [0, 0.05) is 18.7 Å². The monoisotopic (exact) mass is 164 g/mol. The average Bonchev–Trinajstić information content (AvgIpc) is 1.85. The highest BCUT2D eigenvalue weighted by atomic mass is 35.5. The van der Waals surface area contributed by atoms with Crippen LogP contribution in [0.15, 0.2) is 0 Å². The van der Waals surface area contributed by atoms with E-state index < -0.39 is 0 Å². The fourth-order valence-corrected chi connectivity index (χ4v) is 0.811. The molecule has 0 heterocycles. The van der Waals surface area contributed by atoms with Crippen LogP contribution in [0.3, 0.4) is 0 Å². The van der Waals surface area contributed by atoms with E-state index in [1.54, 1.807) is 6.92 Å². The first-order valence-electron chi connectivity index (χ1n) is 3.42. The third-order valence-electron chi connectivity index (χ3n) is 1.21. The fraction of sp³-hybridized carbons (Fsp3) is 0.857. The van der Waals surface area contributed by atoms with Crippen LogP contribution >= 0.6 is 11.6 Å². The summed E-state index contributed by atoms with van der Waals surface area (Å²) < 4.78 is 0. The minimum atomic E-state index is -0.376. The smallest absolute Gasteiger partial charge is 0.134 e. The van der Waals surface area contributed by atoms with E-state index in [1.165, 1.54) is 0 Å². The number of ketones is 1. The largest absolute Gasteiger partial charge is 0.393 e. The van der Waals surface area contributed by atoms with Crippen LogP contribution in [0.5, 0.6) is 0 Å². The lowest BCUT2D eigenvalue weighted by molar-refractivity contribution is -0.119. The van der Waals surface area contributed by atoms with Crippen LogP contribution < -0.4 is 0 Å². The first-order chi connectivity index (χ1) is 4.66. The van der Waals surface area contributed by atoms with Crippen molar-refractivity contribution in [3.8, 4) is 0 Å². The molecule has 3 heteroatoms. The molecule has 0 amide bonds. The van der Waals surface area contributed by atoms with Crippen LogP contribution in [0.2, 0.25) is 0 Å². The number of carbonyl (C=O) groups excluding carboxylic acids is 1. The molecule has 0 fully saturated rings. The highest BCUT2D eigenvalue weighted by Crippen LogP contribution is 1.99. The van der Waals surface area contributed by atoms with Gasteiger partial charge in [-0.15, -0.1) is 11.6 Å². The number of hydrogen-bond acceptors (Lipinski definition) is 2. The van der Waals surface area contributed by atoms with Crippen molar-refractivity contribution in [2.45, 2.75) is 32.3 Å². The fourth-order valence-electron chi connectivity index (χ4n) is 0.600. The predicted octanol–water partition coefficient (Wildman–Crippen LogP) is 1.35. The van der Waals surface area contributed by atoms with E-state index in [-0.39, 0.29) is 11.9 Å². The average molecular weight is 165 g/mol. The lowest BCUT2D eigenvalue weighted by Crippen LogP contribution is -2.05. The molecular weight excluding hydrogens is 152 g/mol. The van der Waals surface area contributed by atoms with Gasteiger partial charge in [0.25, 0.3) is 0 Å². The Morgan fingerprint density at radius 3 is 2.60 bits per heavy atom. The number of rotatable bonds is 5. The SMILES string of the molecule is CC(O)CCC(=O)CCCl. The number of carbonyl (C=O) groups is 1. The summed E-state index contributed by atoms with van der Waals surface area (Å²) in [6, 6.07) is 0. The molecule has 1 atom stereocenters. The molecule has 0 spiro atoms. The zero-order valence-electron chi connectivity index (χ0n) is 6.14. The Hall–Kier alpha value is -0.0800. The zero-order valence-corrected chi connectivity index (χ0v) is 6.90. The molecule has 10 heavy (non-hydrogen) atoms. The van der Waals surface area contributed by atoms with E-state index in [9.17, 15) is 4.79 Å². The van der Waals surface area contributed by atoms with Gasteiger partial charge in [-0.05, 0) is 13.3 Å². The van der Waals surface area contributed by atoms with Crippen molar-refractivity contribution in [3.05, 3.63) is 0 Å². The van der Waals surface area contributed by atoms with Gasteiger partial charge in [0.05, 0.1) is 6.10 Å². The molecule has 2 nitrogen and oxygen atoms in total. The molecule has 0 aromatic heterocycles. The summed E-state index contributed by atoms with van der Waals surface area (Å²) in [5.41, 5.74) is 0. The molecule has 0 aromatic rings. The molecule has 0 aromatic carbocycles. The van der Waals surface area contributed by atoms with Gasteiger partial charge >= 0.3 is 0 Å². The Balaban J connectivity index is 3.22. The van der Waals surface area contributed by atoms with E-state index in [4.69, 9.17) is 16.7 Å². The standard InChI is InChI=1S/C7H13ClO2/c1-6(9)2-3-7(10)4-5-8/h6,9H,2-5H2,1H3. The summed E-state index contributed by atoms with van der Waals surface area (Å²) in [4.78, 5) is 10.8. The maximum atomic E-state index is 10.8. The molecule has 0 radical (unpaired) electrons. The molecule has 0 aliphatic rings. The van der Waals surface area contributed by atoms with Crippen molar-refractivity contribution >= 4 is 17.4 Å². The molecule has 0 rings (SSSR count). The molecule has 1 N–H and O–H groups in total. The summed E-state index contributed by atoms with van der Waals surface area (Å²) in [6.45, 7) is 1.67. The van der Waals surface area contributed by atoms with Gasteiger partial charge in [-0.25, -0.2) is 0 Å². The van der Waals surface area contributed by atoms with Gasteiger partial charge in [0.1, 0.15) is 5.78 Å². The molecule has 0 bridgehead atoms. The molecule has 0 aliphatic carbocycles. The zero-order chi connectivity index (χ0) is 7.98. The number of aliphatic hydroxyl groups is 1. The quantitative estimate of drug-likeness (QED) is 0.623. The van der Waals surface area contributed by atoms with Crippen LogP contribution in [0.25, 0.3) is 0 Å². The second-order valence-corrected chi connectivity index (χ2v) is 2.74. The Morgan fingerprint density at radius 2 is 2.20 bits per heavy atom. The normalized spacial score (nSPS) is 13.1. The minimum absolute atomic E-state index is 0.135. The Morgan fingerprint density at radius 1 is 1.60 bits per heavy atom. The highest BCUT2D eigenvalue weighted by Gasteiger charge is 2.02. The van der Waals surface area contributed by atoms with Gasteiger partial charge < -0.3 is 5.11 Å². The second kappa shape index (κ2) is 5.69. The van der Waals surface area contributed by atoms with Crippen LogP contribution in [-0.2, 0) is 4.79 Å². The number of Topliss-reactive ketones (excluding diaryl/α,β-unsaturated/α-hetero) is 1. The number of aliphatic hydroxyl groups excluding tert-OH is 1. The predicted molar refractivity (Wildman–Crippen MR) is 41.3 cm³/mol. The number of hydrogen-bond donors (Lipinski definition) is 1. The molecule has 0 aliphatic heterocycles. The van der Waals surface area contributed by atoms with Crippen LogP contribution in [0, 0.1) is 0 Å². The maximum absolute atomic E-state index is 10.8. The van der Waals surface area contributed by atoms with E-state index in [0.29, 0.717) is 25.1 Å². The minimum Gasteiger partial charge on any atom is -0.393 e. The summed E-state index contributed by atoms with van der Waals surface area (Å²) in [7, 11) is 0. The van der Waals surface area contributed by atoms with E-state index in [0.717, 1.165) is 0 Å². The Bertz CT molecular complexity index is 102. The van der Waals surface area contributed by atoms with Gasteiger partial charge in [-0.3, -0.25) is 4.79 Å².